The highest BCUT2D eigenvalue weighted by Gasteiger charge is 2.15. The van der Waals surface area contributed by atoms with Crippen LogP contribution in [0.4, 0.5) is 22.7 Å². The van der Waals surface area contributed by atoms with Crippen LogP contribution in [0.15, 0.2) is 61.2 Å². The number of aromatic nitrogens is 3. The first-order valence-corrected chi connectivity index (χ1v) is 6.70. The van der Waals surface area contributed by atoms with Crippen LogP contribution >= 0.6 is 0 Å². The zero-order valence-corrected chi connectivity index (χ0v) is 12.1. The Hall–Kier alpha value is -3.82. The summed E-state index contributed by atoms with van der Waals surface area (Å²) in [6.45, 7) is 0. The van der Waals surface area contributed by atoms with Gasteiger partial charge in [-0.15, -0.1) is 10.2 Å². The highest BCUT2D eigenvalue weighted by atomic mass is 16.6. The summed E-state index contributed by atoms with van der Waals surface area (Å²) in [6.07, 6.45) is 2.89. The predicted molar refractivity (Wildman–Crippen MR) is 83.8 cm³/mol. The van der Waals surface area contributed by atoms with Crippen LogP contribution in [0, 0.1) is 20.2 Å². The van der Waals surface area contributed by atoms with Crippen molar-refractivity contribution >= 4 is 22.7 Å². The molecule has 0 aliphatic carbocycles. The third kappa shape index (κ3) is 2.88. The fourth-order valence-electron chi connectivity index (χ4n) is 2.15. The lowest BCUT2D eigenvalue weighted by molar-refractivity contribution is -0.385. The van der Waals surface area contributed by atoms with E-state index in [4.69, 9.17) is 0 Å². The lowest BCUT2D eigenvalue weighted by Gasteiger charge is -2.24. The summed E-state index contributed by atoms with van der Waals surface area (Å²) in [7, 11) is 0. The number of nitro benzene ring substituents is 2. The lowest BCUT2D eigenvalue weighted by atomic mass is 10.2. The molecule has 0 radical (unpaired) electrons. The van der Waals surface area contributed by atoms with E-state index in [1.54, 1.807) is 34.0 Å². The zero-order valence-electron chi connectivity index (χ0n) is 12.1. The summed E-state index contributed by atoms with van der Waals surface area (Å²) in [5.74, 6) is 0. The number of nitrogens with zero attached hydrogens (tertiary/aromatic N) is 6. The van der Waals surface area contributed by atoms with E-state index in [0.29, 0.717) is 11.4 Å². The quantitative estimate of drug-likeness (QED) is 0.522. The molecule has 0 amide bonds. The van der Waals surface area contributed by atoms with Crippen molar-refractivity contribution in [1.82, 2.24) is 14.9 Å². The van der Waals surface area contributed by atoms with Crippen LogP contribution in [0.25, 0.3) is 0 Å². The molecule has 0 spiro atoms. The van der Waals surface area contributed by atoms with Crippen molar-refractivity contribution in [1.29, 1.82) is 0 Å². The predicted octanol–water partition coefficient (Wildman–Crippen LogP) is 2.70. The number of hydrogen-bond donors (Lipinski definition) is 0. The monoisotopic (exact) mass is 326 g/mol. The highest BCUT2D eigenvalue weighted by Crippen LogP contribution is 2.29. The van der Waals surface area contributed by atoms with Gasteiger partial charge in [0.05, 0.1) is 21.2 Å². The van der Waals surface area contributed by atoms with Crippen LogP contribution in [0.2, 0.25) is 0 Å². The van der Waals surface area contributed by atoms with Crippen LogP contribution in [0.3, 0.4) is 0 Å². The first-order valence-electron chi connectivity index (χ1n) is 6.70. The van der Waals surface area contributed by atoms with E-state index in [0.717, 1.165) is 0 Å². The van der Waals surface area contributed by atoms with E-state index in [1.807, 2.05) is 0 Å². The van der Waals surface area contributed by atoms with Gasteiger partial charge in [-0.3, -0.25) is 20.2 Å². The number of hydrogen-bond acceptors (Lipinski definition) is 7. The molecule has 1 aromatic heterocycles. The molecule has 10 nitrogen and oxygen atoms in total. The Kier molecular flexibility index (Phi) is 3.85. The second-order valence-corrected chi connectivity index (χ2v) is 4.70. The summed E-state index contributed by atoms with van der Waals surface area (Å²) < 4.78 is 1.56. The first-order chi connectivity index (χ1) is 11.6. The molecule has 0 unspecified atom stereocenters. The first kappa shape index (κ1) is 15.1. The SMILES string of the molecule is O=[N+]([O-])c1ccc(N(c2ccc([N+](=O)[O-])cc2)n2cnnc2)cc1. The molecule has 3 aromatic rings. The van der Waals surface area contributed by atoms with Gasteiger partial charge >= 0.3 is 0 Å². The van der Waals surface area contributed by atoms with Gasteiger partial charge in [0.15, 0.2) is 0 Å². The molecule has 0 atom stereocenters. The number of non-ortho nitro benzene ring substituents is 2. The fourth-order valence-corrected chi connectivity index (χ4v) is 2.15. The second kappa shape index (κ2) is 6.12. The Labute approximate surface area is 134 Å². The Balaban J connectivity index is 2.04. The standard InChI is InChI=1S/C14H10N6O4/c21-19(22)13-5-1-11(2-6-13)18(17-9-15-16-10-17)12-3-7-14(8-4-12)20(23)24/h1-10H. The smallest absolute Gasteiger partial charge is 0.258 e. The van der Waals surface area contributed by atoms with E-state index < -0.39 is 9.85 Å². The van der Waals surface area contributed by atoms with E-state index in [1.165, 1.54) is 36.9 Å². The van der Waals surface area contributed by atoms with Crippen LogP contribution in [-0.2, 0) is 0 Å². The third-order valence-electron chi connectivity index (χ3n) is 3.25. The summed E-state index contributed by atoms with van der Waals surface area (Å²) in [6, 6.07) is 11.8. The van der Waals surface area contributed by atoms with Gasteiger partial charge in [0, 0.05) is 24.3 Å². The maximum Gasteiger partial charge on any atom is 0.269 e. The van der Waals surface area contributed by atoms with Crippen LogP contribution in [0.1, 0.15) is 0 Å². The molecular weight excluding hydrogens is 316 g/mol. The average molecular weight is 326 g/mol. The Morgan fingerprint density at radius 1 is 0.750 bits per heavy atom. The van der Waals surface area contributed by atoms with Crippen molar-refractivity contribution < 1.29 is 9.85 Å². The minimum atomic E-state index is -0.487. The molecule has 3 rings (SSSR count). The minimum absolute atomic E-state index is 0.0360. The minimum Gasteiger partial charge on any atom is -0.258 e. The maximum atomic E-state index is 10.8. The largest absolute Gasteiger partial charge is 0.269 e. The number of anilines is 2. The summed E-state index contributed by atoms with van der Waals surface area (Å²) >= 11 is 0. The number of nitro groups is 2. The van der Waals surface area contributed by atoms with Crippen molar-refractivity contribution in [3.8, 4) is 0 Å². The molecule has 24 heavy (non-hydrogen) atoms. The van der Waals surface area contributed by atoms with Gasteiger partial charge in [-0.2, -0.15) is 0 Å². The molecule has 120 valence electrons. The van der Waals surface area contributed by atoms with Gasteiger partial charge in [-0.05, 0) is 24.3 Å². The molecule has 0 saturated heterocycles. The van der Waals surface area contributed by atoms with Gasteiger partial charge in [0.2, 0.25) is 0 Å². The number of benzene rings is 2. The van der Waals surface area contributed by atoms with Crippen molar-refractivity contribution in [2.24, 2.45) is 0 Å². The molecule has 0 bridgehead atoms. The molecule has 0 saturated carbocycles. The number of rotatable bonds is 5. The summed E-state index contributed by atoms with van der Waals surface area (Å²) in [5.41, 5.74) is 1.14. The Bertz CT molecular complexity index is 804. The molecule has 0 aliphatic heterocycles. The summed E-state index contributed by atoms with van der Waals surface area (Å²) in [5, 5.41) is 30.7. The van der Waals surface area contributed by atoms with Crippen molar-refractivity contribution in [3.05, 3.63) is 81.4 Å². The normalized spacial score (nSPS) is 10.3. The van der Waals surface area contributed by atoms with Crippen molar-refractivity contribution in [3.63, 3.8) is 0 Å². The molecule has 0 aliphatic rings. The van der Waals surface area contributed by atoms with Gasteiger partial charge in [0.25, 0.3) is 11.4 Å². The lowest BCUT2D eigenvalue weighted by Crippen LogP contribution is -2.22. The fraction of sp³-hybridized carbons (Fsp3) is 0. The highest BCUT2D eigenvalue weighted by molar-refractivity contribution is 5.64. The third-order valence-corrected chi connectivity index (χ3v) is 3.25. The van der Waals surface area contributed by atoms with E-state index in [2.05, 4.69) is 10.2 Å². The Morgan fingerprint density at radius 2 is 1.12 bits per heavy atom. The van der Waals surface area contributed by atoms with E-state index >= 15 is 0 Å². The maximum absolute atomic E-state index is 10.8. The average Bonchev–Trinajstić information content (AvgIpc) is 3.10. The van der Waals surface area contributed by atoms with E-state index in [9.17, 15) is 20.2 Å². The van der Waals surface area contributed by atoms with Gasteiger partial charge in [-0.25, -0.2) is 9.69 Å². The van der Waals surface area contributed by atoms with Crippen molar-refractivity contribution in [2.75, 3.05) is 5.01 Å². The van der Waals surface area contributed by atoms with Crippen LogP contribution < -0.4 is 5.01 Å². The molecule has 0 fully saturated rings. The molecule has 10 heteroatoms. The molecular formula is C14H10N6O4. The van der Waals surface area contributed by atoms with Crippen LogP contribution in [0.5, 0.6) is 0 Å². The molecule has 1 heterocycles. The Morgan fingerprint density at radius 3 is 1.46 bits per heavy atom. The van der Waals surface area contributed by atoms with Crippen molar-refractivity contribution in [2.45, 2.75) is 0 Å². The van der Waals surface area contributed by atoms with Gasteiger partial charge < -0.3 is 0 Å². The van der Waals surface area contributed by atoms with Gasteiger partial charge in [-0.1, -0.05) is 0 Å². The molecule has 2 aromatic carbocycles. The summed E-state index contributed by atoms with van der Waals surface area (Å²) in [4.78, 5) is 20.6. The van der Waals surface area contributed by atoms with Crippen LogP contribution in [-0.4, -0.2) is 24.7 Å². The molecule has 0 N–H and O–H groups in total. The van der Waals surface area contributed by atoms with Gasteiger partial charge in [0.1, 0.15) is 12.7 Å². The van der Waals surface area contributed by atoms with E-state index in [-0.39, 0.29) is 11.4 Å². The topological polar surface area (TPSA) is 120 Å². The zero-order chi connectivity index (χ0) is 17.1. The second-order valence-electron chi connectivity index (χ2n) is 4.70.